The maximum atomic E-state index is 11.8. The molecule has 9 heteroatoms. The van der Waals surface area contributed by atoms with Crippen LogP contribution >= 0.6 is 0 Å². The highest BCUT2D eigenvalue weighted by Gasteiger charge is 2.35. The molecule has 4 aliphatic rings. The number of nitrogens with zero attached hydrogens (tertiary/aromatic N) is 1. The summed E-state index contributed by atoms with van der Waals surface area (Å²) >= 11 is 0. The van der Waals surface area contributed by atoms with E-state index in [2.05, 4.69) is 94.2 Å². The number of rotatable bonds is 10. The van der Waals surface area contributed by atoms with Crippen molar-refractivity contribution >= 4 is 39.8 Å². The Morgan fingerprint density at radius 1 is 0.667 bits per heavy atom. The van der Waals surface area contributed by atoms with Crippen LogP contribution in [-0.2, 0) is 25.6 Å². The summed E-state index contributed by atoms with van der Waals surface area (Å²) in [6.45, 7) is 19.1. The van der Waals surface area contributed by atoms with Crippen molar-refractivity contribution in [3.63, 3.8) is 0 Å². The van der Waals surface area contributed by atoms with E-state index >= 15 is 0 Å². The van der Waals surface area contributed by atoms with Crippen LogP contribution < -0.4 is 14.8 Å². The molecule has 1 N–H and O–H groups in total. The van der Waals surface area contributed by atoms with Crippen molar-refractivity contribution in [3.05, 3.63) is 83.9 Å². The van der Waals surface area contributed by atoms with Gasteiger partial charge in [0.25, 0.3) is 0 Å². The smallest absolute Gasteiger partial charge is 0.323 e. The lowest BCUT2D eigenvalue weighted by molar-refractivity contribution is -0.152. The molecular weight excluding hydrogens is 789 g/mol. The number of hydrogen-bond donors (Lipinski definition) is 1. The molecule has 0 aromatic heterocycles. The third-order valence-corrected chi connectivity index (χ3v) is 13.6. The quantitative estimate of drug-likeness (QED) is 0.123. The van der Waals surface area contributed by atoms with Crippen LogP contribution in [0, 0.1) is 22.7 Å². The van der Waals surface area contributed by atoms with Crippen LogP contribution in [0.1, 0.15) is 136 Å². The third-order valence-electron chi connectivity index (χ3n) is 13.6. The molecule has 2 atom stereocenters. The van der Waals surface area contributed by atoms with Crippen molar-refractivity contribution in [2.45, 2.75) is 151 Å². The first-order valence-electron chi connectivity index (χ1n) is 23.2. The largest absolute Gasteiger partial charge is 0.490 e. The second-order valence-corrected chi connectivity index (χ2v) is 20.0. The monoisotopic (exact) mass is 865 g/mol. The molecule has 0 spiro atoms. The van der Waals surface area contributed by atoms with E-state index in [0.717, 1.165) is 98.6 Å². The highest BCUT2D eigenvalue weighted by molar-refractivity contribution is 5.89. The number of esters is 2. The average molecular weight is 865 g/mol. The van der Waals surface area contributed by atoms with Gasteiger partial charge >= 0.3 is 11.9 Å². The zero-order valence-electron chi connectivity index (χ0n) is 38.7. The molecule has 63 heavy (non-hydrogen) atoms. The number of fused-ring (bicyclic) bond motifs is 2. The Morgan fingerprint density at radius 2 is 1.16 bits per heavy atom. The Balaban J connectivity index is 0.000000200. The maximum absolute atomic E-state index is 11.8. The predicted molar refractivity (Wildman–Crippen MR) is 256 cm³/mol. The first kappa shape index (κ1) is 49.5. The minimum atomic E-state index is -0.125. The average Bonchev–Trinajstić information content (AvgIpc) is 3.22. The predicted octanol–water partition coefficient (Wildman–Crippen LogP) is 11.8. The van der Waals surface area contributed by atoms with Gasteiger partial charge in [-0.05, 0) is 164 Å². The first-order valence-corrected chi connectivity index (χ1v) is 23.2. The maximum Gasteiger partial charge on any atom is 0.323 e. The zero-order valence-corrected chi connectivity index (χ0v) is 38.7. The Morgan fingerprint density at radius 3 is 1.59 bits per heavy atom. The number of carbonyl (C=O) groups excluding carboxylic acids is 3. The van der Waals surface area contributed by atoms with Crippen LogP contribution in [0.5, 0.6) is 11.5 Å². The molecule has 4 fully saturated rings. The molecule has 2 unspecified atom stereocenters. The Kier molecular flexibility index (Phi) is 17.6. The fourth-order valence-corrected chi connectivity index (χ4v) is 9.31. The number of carbonyl (C=O) groups is 3. The van der Waals surface area contributed by atoms with Crippen molar-refractivity contribution < 1.29 is 33.3 Å². The van der Waals surface area contributed by atoms with Gasteiger partial charge in [0.15, 0.2) is 0 Å². The number of ether oxygens (including phenoxy) is 4. The molecule has 4 aromatic carbocycles. The SMILES string of the molecule is C.CC(C)(C)C1CCC(Oc2ccc3cc(C=O)ccc3c2)CC1.CCOC(=O)C1CCN1.COC(=O)C1CCN1Cc1ccc2cc(OC3CCC(C(C)(C)C)CC3)ccc2c1. The fraction of sp³-hybridized carbons (Fsp3) is 0.574. The van der Waals surface area contributed by atoms with Gasteiger partial charge in [0, 0.05) is 18.7 Å². The number of methoxy groups -OCH3 is 1. The molecule has 344 valence electrons. The van der Waals surface area contributed by atoms with Crippen molar-refractivity contribution in [3.8, 4) is 11.5 Å². The second kappa shape index (κ2) is 22.4. The summed E-state index contributed by atoms with van der Waals surface area (Å²) in [5, 5.41) is 7.58. The molecule has 0 radical (unpaired) electrons. The van der Waals surface area contributed by atoms with E-state index in [-0.39, 0.29) is 31.4 Å². The minimum absolute atomic E-state index is 0. The number of likely N-dealkylation sites (tertiary alicyclic amines) is 1. The second-order valence-electron chi connectivity index (χ2n) is 20.0. The Bertz CT molecular complexity index is 2100. The van der Waals surface area contributed by atoms with Crippen LogP contribution in [0.2, 0.25) is 0 Å². The standard InChI is InChI=1S/C26H35NO3.C21H26O2.C6H11NO2.CH4/c1-26(2,3)21-8-11-22(12-9-21)30-23-10-7-19-15-18(5-6-20(19)16-23)17-27-14-13-24(27)25(28)29-4;1-21(2,3)18-7-10-19(11-8-18)23-20-9-6-16-12-15(14-22)4-5-17(16)13-20;1-2-9-6(8)5-3-4-7-5;/h5-7,10,15-16,21-22,24H,8-9,11-14,17H2,1-4H3;4-6,9,12-14,18-19H,7-8,10-11H2,1-3H3;5,7H,2-4H2,1H3;1H4. The van der Waals surface area contributed by atoms with E-state index < -0.39 is 0 Å². The zero-order chi connectivity index (χ0) is 44.4. The van der Waals surface area contributed by atoms with Gasteiger partial charge in [-0.15, -0.1) is 0 Å². The summed E-state index contributed by atoms with van der Waals surface area (Å²) in [5.41, 5.74) is 2.75. The van der Waals surface area contributed by atoms with Crippen LogP contribution in [0.25, 0.3) is 21.5 Å². The van der Waals surface area contributed by atoms with Gasteiger partial charge in [0.2, 0.25) is 0 Å². The lowest BCUT2D eigenvalue weighted by atomic mass is 9.72. The summed E-state index contributed by atoms with van der Waals surface area (Å²) in [5.74, 6) is 3.29. The first-order chi connectivity index (χ1) is 29.6. The molecule has 0 amide bonds. The van der Waals surface area contributed by atoms with Crippen molar-refractivity contribution in [2.75, 3.05) is 26.8 Å². The topological polar surface area (TPSA) is 103 Å². The van der Waals surface area contributed by atoms with Crippen molar-refractivity contribution in [2.24, 2.45) is 22.7 Å². The van der Waals surface area contributed by atoms with E-state index in [9.17, 15) is 14.4 Å². The van der Waals surface area contributed by atoms with Gasteiger partial charge in [-0.1, -0.05) is 85.4 Å². The summed E-state index contributed by atoms with van der Waals surface area (Å²) in [6.07, 6.45) is 13.0. The molecule has 0 bridgehead atoms. The summed E-state index contributed by atoms with van der Waals surface area (Å²) < 4.78 is 22.2. The molecule has 2 aliphatic carbocycles. The molecule has 8 rings (SSSR count). The number of aldehydes is 1. The minimum Gasteiger partial charge on any atom is -0.490 e. The van der Waals surface area contributed by atoms with Crippen LogP contribution in [0.4, 0.5) is 0 Å². The van der Waals surface area contributed by atoms with Gasteiger partial charge in [0.05, 0.1) is 25.9 Å². The van der Waals surface area contributed by atoms with Crippen LogP contribution in [-0.4, -0.2) is 74.2 Å². The van der Waals surface area contributed by atoms with Crippen LogP contribution in [0.3, 0.4) is 0 Å². The van der Waals surface area contributed by atoms with E-state index in [1.807, 2.05) is 37.3 Å². The lowest BCUT2D eigenvalue weighted by Gasteiger charge is -2.38. The van der Waals surface area contributed by atoms with E-state index in [4.69, 9.17) is 18.9 Å². The summed E-state index contributed by atoms with van der Waals surface area (Å²) in [4.78, 5) is 35.6. The number of hydrogen-bond acceptors (Lipinski definition) is 9. The molecule has 2 saturated heterocycles. The van der Waals surface area contributed by atoms with Gasteiger partial charge in [0.1, 0.15) is 29.9 Å². The normalized spacial score (nSPS) is 23.5. The van der Waals surface area contributed by atoms with Gasteiger partial charge in [-0.25, -0.2) is 0 Å². The lowest BCUT2D eigenvalue weighted by Crippen LogP contribution is -2.52. The molecule has 2 heterocycles. The van der Waals surface area contributed by atoms with Gasteiger partial charge in [-0.2, -0.15) is 0 Å². The summed E-state index contributed by atoms with van der Waals surface area (Å²) in [7, 11) is 1.46. The van der Waals surface area contributed by atoms with E-state index in [1.54, 1.807) is 0 Å². The summed E-state index contributed by atoms with van der Waals surface area (Å²) in [6, 6.07) is 24.8. The van der Waals surface area contributed by atoms with Gasteiger partial charge < -0.3 is 24.3 Å². The van der Waals surface area contributed by atoms with Crippen molar-refractivity contribution in [1.29, 1.82) is 0 Å². The fourth-order valence-electron chi connectivity index (χ4n) is 9.31. The number of nitrogens with one attached hydrogen (secondary N) is 1. The number of benzene rings is 4. The van der Waals surface area contributed by atoms with Crippen molar-refractivity contribution in [1.82, 2.24) is 10.2 Å². The molecular formula is C54H76N2O7. The molecule has 2 saturated carbocycles. The highest BCUT2D eigenvalue weighted by atomic mass is 16.5. The molecule has 9 nitrogen and oxygen atoms in total. The van der Waals surface area contributed by atoms with Gasteiger partial charge in [-0.3, -0.25) is 19.3 Å². The Hall–Kier alpha value is -4.47. The third kappa shape index (κ3) is 13.8. The van der Waals surface area contributed by atoms with Crippen LogP contribution in [0.15, 0.2) is 72.8 Å². The van der Waals surface area contributed by atoms with E-state index in [0.29, 0.717) is 35.2 Å². The van der Waals surface area contributed by atoms with E-state index in [1.165, 1.54) is 49.1 Å². The Labute approximate surface area is 378 Å². The molecule has 4 aromatic rings. The highest BCUT2D eigenvalue weighted by Crippen LogP contribution is 2.40. The molecule has 2 aliphatic heterocycles.